The number of aromatic amines is 2. The maximum absolute atomic E-state index is 14.8. The zero-order chi connectivity index (χ0) is 60.2. The molecule has 27 nitrogen and oxygen atoms in total. The summed E-state index contributed by atoms with van der Waals surface area (Å²) in [6, 6.07) is 2.39. The summed E-state index contributed by atoms with van der Waals surface area (Å²) in [7, 11) is 1.97. The van der Waals surface area contributed by atoms with E-state index in [0.29, 0.717) is 29.7 Å². The van der Waals surface area contributed by atoms with Crippen molar-refractivity contribution in [1.82, 2.24) is 67.7 Å². The number of amides is 10. The monoisotopic (exact) mass is 1190 g/mol. The first-order valence-corrected chi connectivity index (χ1v) is 29.6. The zero-order valence-electron chi connectivity index (χ0n) is 46.0. The van der Waals surface area contributed by atoms with Crippen molar-refractivity contribution in [1.29, 1.82) is 5.41 Å². The lowest BCUT2D eigenvalue weighted by atomic mass is 10.0. The Morgan fingerprint density at radius 2 is 1.31 bits per heavy atom. The minimum Gasteiger partial charge on any atom is -0.481 e. The normalized spacial score (nSPS) is 23.1. The molecule has 0 spiro atoms. The van der Waals surface area contributed by atoms with Gasteiger partial charge in [-0.1, -0.05) is 89.9 Å². The number of fused-ring (bicyclic) bond motifs is 1. The van der Waals surface area contributed by atoms with Crippen LogP contribution in [0.3, 0.4) is 0 Å². The Bertz CT molecular complexity index is 2980. The van der Waals surface area contributed by atoms with Crippen molar-refractivity contribution >= 4 is 103 Å². The summed E-state index contributed by atoms with van der Waals surface area (Å²) in [6.07, 6.45) is 4.38. The van der Waals surface area contributed by atoms with Crippen LogP contribution in [0.4, 0.5) is 4.79 Å². The number of imidazole rings is 1. The lowest BCUT2D eigenvalue weighted by molar-refractivity contribution is -0.139. The van der Waals surface area contributed by atoms with Crippen LogP contribution in [0.1, 0.15) is 82.5 Å². The molecule has 0 bridgehead atoms. The zero-order valence-corrected chi connectivity index (χ0v) is 47.7. The Labute approximate surface area is 485 Å². The van der Waals surface area contributed by atoms with Crippen LogP contribution in [0, 0.1) is 5.41 Å². The molecule has 83 heavy (non-hydrogen) atoms. The van der Waals surface area contributed by atoms with E-state index in [1.54, 1.807) is 42.6 Å². The van der Waals surface area contributed by atoms with Crippen molar-refractivity contribution in [3.63, 3.8) is 0 Å². The number of rotatable bonds is 20. The van der Waals surface area contributed by atoms with Crippen LogP contribution in [0.5, 0.6) is 0 Å². The number of carboxylic acid groups (broad SMARTS) is 1. The van der Waals surface area contributed by atoms with E-state index < -0.39 is 132 Å². The number of hydrogen-bond donors (Lipinski definition) is 14. The van der Waals surface area contributed by atoms with Gasteiger partial charge in [0.05, 0.1) is 12.4 Å². The first kappa shape index (κ1) is 63.7. The van der Waals surface area contributed by atoms with Crippen molar-refractivity contribution in [2.75, 3.05) is 18.1 Å². The molecule has 9 atom stereocenters. The first-order valence-electron chi connectivity index (χ1n) is 27.1. The van der Waals surface area contributed by atoms with E-state index in [0.717, 1.165) is 43.8 Å². The van der Waals surface area contributed by atoms with Gasteiger partial charge in [-0.15, -0.1) is 0 Å². The van der Waals surface area contributed by atoms with Gasteiger partial charge in [0.15, 0.2) is 11.7 Å². The molecule has 0 aliphatic carbocycles. The van der Waals surface area contributed by atoms with Crippen LogP contribution in [0.25, 0.3) is 10.9 Å². The topological polar surface area (TPSA) is 414 Å². The number of imide groups is 1. The van der Waals surface area contributed by atoms with Gasteiger partial charge in [-0.25, -0.2) is 9.78 Å². The number of carbonyl (C=O) groups excluding carboxylic acids is 10. The van der Waals surface area contributed by atoms with Gasteiger partial charge in [-0.05, 0) is 56.7 Å². The fourth-order valence-corrected chi connectivity index (χ4v) is 11.6. The van der Waals surface area contributed by atoms with Gasteiger partial charge >= 0.3 is 12.0 Å². The van der Waals surface area contributed by atoms with Crippen molar-refractivity contribution in [2.24, 2.45) is 5.73 Å². The van der Waals surface area contributed by atoms with E-state index >= 15 is 0 Å². The molecule has 0 unspecified atom stereocenters. The molecule has 0 saturated carbocycles. The number of Topliss-reactive ketones (excluding diaryl/α,β-unsaturated/α-hetero) is 1. The molecule has 0 radical (unpaired) electrons. The maximum atomic E-state index is 14.8. The van der Waals surface area contributed by atoms with E-state index in [4.69, 9.17) is 11.1 Å². The lowest BCUT2D eigenvalue weighted by Gasteiger charge is -2.28. The van der Waals surface area contributed by atoms with Crippen LogP contribution >= 0.6 is 21.6 Å². The Morgan fingerprint density at radius 1 is 0.723 bits per heavy atom. The van der Waals surface area contributed by atoms with E-state index in [-0.39, 0.29) is 56.1 Å². The number of benzene rings is 2. The molecule has 29 heteroatoms. The Hall–Kier alpha value is -8.47. The van der Waals surface area contributed by atoms with Crippen LogP contribution in [0.2, 0.25) is 0 Å². The number of guanidine groups is 1. The second-order valence-electron chi connectivity index (χ2n) is 20.1. The molecule has 2 aliphatic heterocycles. The van der Waals surface area contributed by atoms with E-state index in [9.17, 15) is 57.8 Å². The average molecular weight is 1190 g/mol. The van der Waals surface area contributed by atoms with E-state index in [2.05, 4.69) is 62.8 Å². The minimum absolute atomic E-state index is 0.0806. The van der Waals surface area contributed by atoms with Gasteiger partial charge in [-0.2, -0.15) is 0 Å². The number of nitrogens with zero attached hydrogens (tertiary/aromatic N) is 2. The summed E-state index contributed by atoms with van der Waals surface area (Å²) < 4.78 is 0. The molecule has 2 aromatic heterocycles. The number of ketones is 1. The van der Waals surface area contributed by atoms with Gasteiger partial charge in [0.1, 0.15) is 48.3 Å². The van der Waals surface area contributed by atoms with Gasteiger partial charge in [0, 0.05) is 72.7 Å². The highest BCUT2D eigenvalue weighted by molar-refractivity contribution is 8.76. The van der Waals surface area contributed by atoms with Crippen molar-refractivity contribution in [2.45, 2.75) is 139 Å². The summed E-state index contributed by atoms with van der Waals surface area (Å²) in [5.74, 6) is -9.70. The highest BCUT2D eigenvalue weighted by Gasteiger charge is 2.43. The van der Waals surface area contributed by atoms with Gasteiger partial charge in [0.2, 0.25) is 41.4 Å². The molecular weight excluding hydrogens is 1110 g/mol. The van der Waals surface area contributed by atoms with Gasteiger partial charge in [0.25, 0.3) is 5.91 Å². The molecule has 446 valence electrons. The molecule has 15 N–H and O–H groups in total. The summed E-state index contributed by atoms with van der Waals surface area (Å²) in [4.78, 5) is 165. The third kappa shape index (κ3) is 18.8. The number of nitrogens with one attached hydrogen (secondary N) is 12. The number of carbonyl (C=O) groups is 11. The molecule has 2 aliphatic rings. The Morgan fingerprint density at radius 3 is 1.96 bits per heavy atom. The second kappa shape index (κ2) is 31.1. The predicted molar refractivity (Wildman–Crippen MR) is 308 cm³/mol. The number of nitrogens with two attached hydrogens (primary N) is 1. The van der Waals surface area contributed by atoms with Crippen LogP contribution < -0.4 is 53.6 Å². The SMILES string of the molecule is CCCC[C@@H]1NC(=O)N([C@@H](C)C(=O)N[C@H]2CSSC[C@@H](C(C)=O)NC(=O)[C@H](Cc3c[nH]c4ccccc34)NC(=O)[C@H](CCCNC(=N)N)NC(=O)[C@@H](Cc3ccccc3)NC(=O)[C@H](Cc3cnc[nH]3)NC(=O)[C@H](CCC(=O)O)NC2=O)C1=O. The number of para-hydroxylation sites is 1. The first-order chi connectivity index (χ1) is 39.7. The maximum Gasteiger partial charge on any atom is 0.325 e. The van der Waals surface area contributed by atoms with Crippen molar-refractivity contribution in [3.8, 4) is 0 Å². The van der Waals surface area contributed by atoms with Gasteiger partial charge < -0.3 is 68.7 Å². The Balaban J connectivity index is 1.40. The number of unbranched alkanes of at least 4 members (excludes halogenated alkanes) is 1. The molecule has 2 fully saturated rings. The predicted octanol–water partition coefficient (Wildman–Crippen LogP) is -0.0763. The molecule has 4 aromatic rings. The number of H-pyrrole nitrogens is 2. The van der Waals surface area contributed by atoms with Crippen molar-refractivity contribution in [3.05, 3.63) is 90.1 Å². The molecule has 4 heterocycles. The highest BCUT2D eigenvalue weighted by atomic mass is 33.1. The standard InChI is InChI=1S/C54H71N15O12S2/c1-4-5-15-38-52(80)69(54(81)68-38)29(2)45(73)67-43-27-83-82-26-42(30(3)70)66-49(77)40(22-32-24-59-35-16-10-9-14-34(32)35)64-46(74)36(17-11-20-58-53(55)56)61-48(76)39(21-31-12-7-6-8-13-31)63-50(78)41(23-33-25-57-28-60-33)65-47(75)37(62-51(43)79)18-19-44(71)72/h6-10,12-14,16,24-25,28-29,36-43,59H,4-5,11,15,17-23,26-27H2,1-3H3,(H,57,60)(H,61,76)(H,62,79)(H,63,78)(H,64,74)(H,65,75)(H,66,77)(H,67,73)(H,68,81)(H,71,72)(H4,55,56,58)/t29-,36-,37-,38-,39+,40-,41-,42-,43-/m0/s1. The molecule has 2 saturated heterocycles. The third-order valence-electron chi connectivity index (χ3n) is 13.8. The average Bonchev–Trinajstić information content (AvgIpc) is 4.23. The largest absolute Gasteiger partial charge is 0.481 e. The van der Waals surface area contributed by atoms with E-state index in [1.807, 2.05) is 25.1 Å². The molecule has 6 rings (SSSR count). The molecule has 2 aromatic carbocycles. The Kier molecular flexibility index (Phi) is 23.9. The van der Waals surface area contributed by atoms with Crippen LogP contribution in [-0.4, -0.2) is 168 Å². The fourth-order valence-electron chi connectivity index (χ4n) is 9.19. The summed E-state index contributed by atoms with van der Waals surface area (Å²) in [5, 5.41) is 42.1. The summed E-state index contributed by atoms with van der Waals surface area (Å²) in [5.41, 5.74) is 7.80. The number of aliphatic carboxylic acids is 1. The van der Waals surface area contributed by atoms with Crippen molar-refractivity contribution < 1.29 is 57.8 Å². The quantitative estimate of drug-likeness (QED) is 0.0181. The smallest absolute Gasteiger partial charge is 0.325 e. The highest BCUT2D eigenvalue weighted by Crippen LogP contribution is 2.25. The van der Waals surface area contributed by atoms with Crippen LogP contribution in [0.15, 0.2) is 73.3 Å². The third-order valence-corrected chi connectivity index (χ3v) is 16.2. The second-order valence-corrected chi connectivity index (χ2v) is 22.6. The number of urea groups is 1. The fraction of sp³-hybridized carbons (Fsp3) is 0.463. The van der Waals surface area contributed by atoms with E-state index in [1.165, 1.54) is 26.4 Å². The minimum atomic E-state index is -1.69. The number of hydrogen-bond acceptors (Lipinski definition) is 15. The summed E-state index contributed by atoms with van der Waals surface area (Å²) >= 11 is 0. The lowest BCUT2D eigenvalue weighted by Crippen LogP contribution is -2.61. The molecule has 10 amide bonds. The molecular formula is C54H71N15O12S2. The number of aromatic nitrogens is 3. The summed E-state index contributed by atoms with van der Waals surface area (Å²) in [6.45, 7) is 4.54. The number of carboxylic acids is 1. The van der Waals surface area contributed by atoms with Crippen LogP contribution in [-0.2, 0) is 67.2 Å². The van der Waals surface area contributed by atoms with Gasteiger partial charge in [-0.3, -0.25) is 58.3 Å².